The van der Waals surface area contributed by atoms with Gasteiger partial charge in [0.25, 0.3) is 0 Å². The molecule has 0 heterocycles. The second-order valence-corrected chi connectivity index (χ2v) is 6.26. The van der Waals surface area contributed by atoms with Gasteiger partial charge in [0.15, 0.2) is 0 Å². The van der Waals surface area contributed by atoms with Crippen molar-refractivity contribution in [2.75, 3.05) is 5.75 Å². The standard InChI is InChI=1S/C15H13BrF2OS/c16-12-8-10(5-6-13(12)17)7-11(19)9-20-15-4-2-1-3-14(15)18/h1-6,8,11,19H,7,9H2. The molecule has 0 aromatic heterocycles. The summed E-state index contributed by atoms with van der Waals surface area (Å²) in [6.45, 7) is 0. The van der Waals surface area contributed by atoms with Gasteiger partial charge in [-0.1, -0.05) is 18.2 Å². The number of thioether (sulfide) groups is 1. The quantitative estimate of drug-likeness (QED) is 0.798. The predicted molar refractivity (Wildman–Crippen MR) is 80.9 cm³/mol. The summed E-state index contributed by atoms with van der Waals surface area (Å²) in [6.07, 6.45) is -0.211. The Hall–Kier alpha value is -0.910. The van der Waals surface area contributed by atoms with Gasteiger partial charge in [0, 0.05) is 10.6 Å². The summed E-state index contributed by atoms with van der Waals surface area (Å²) in [4.78, 5) is 0.520. The van der Waals surface area contributed by atoms with Crippen molar-refractivity contribution in [2.45, 2.75) is 17.4 Å². The van der Waals surface area contributed by atoms with Gasteiger partial charge in [-0.2, -0.15) is 0 Å². The van der Waals surface area contributed by atoms with Crippen LogP contribution in [0.3, 0.4) is 0 Å². The van der Waals surface area contributed by atoms with Crippen molar-refractivity contribution in [1.82, 2.24) is 0 Å². The van der Waals surface area contributed by atoms with Crippen molar-refractivity contribution < 1.29 is 13.9 Å². The first-order valence-electron chi connectivity index (χ1n) is 6.05. The summed E-state index contributed by atoms with van der Waals surface area (Å²) >= 11 is 4.38. The molecule has 0 saturated carbocycles. The van der Waals surface area contributed by atoms with Gasteiger partial charge in [0.05, 0.1) is 10.6 Å². The highest BCUT2D eigenvalue weighted by Gasteiger charge is 2.10. The number of aliphatic hydroxyl groups is 1. The second kappa shape index (κ2) is 7.20. The van der Waals surface area contributed by atoms with E-state index in [4.69, 9.17) is 0 Å². The van der Waals surface area contributed by atoms with Crippen molar-refractivity contribution in [3.05, 3.63) is 64.1 Å². The first kappa shape index (κ1) is 15.5. The monoisotopic (exact) mass is 358 g/mol. The average Bonchev–Trinajstić information content (AvgIpc) is 2.42. The lowest BCUT2D eigenvalue weighted by Gasteiger charge is -2.11. The second-order valence-electron chi connectivity index (χ2n) is 4.35. The normalized spacial score (nSPS) is 12.4. The van der Waals surface area contributed by atoms with Crippen LogP contribution in [0.4, 0.5) is 8.78 Å². The van der Waals surface area contributed by atoms with E-state index in [0.717, 1.165) is 5.56 Å². The largest absolute Gasteiger partial charge is 0.392 e. The SMILES string of the molecule is OC(CSc1ccccc1F)Cc1ccc(F)c(Br)c1. The minimum atomic E-state index is -0.614. The third-order valence-corrected chi connectivity index (χ3v) is 4.52. The molecule has 2 rings (SSSR count). The van der Waals surface area contributed by atoms with E-state index in [1.807, 2.05) is 0 Å². The number of aliphatic hydroxyl groups excluding tert-OH is 1. The van der Waals surface area contributed by atoms with Crippen molar-refractivity contribution >= 4 is 27.7 Å². The molecule has 0 radical (unpaired) electrons. The van der Waals surface area contributed by atoms with Crippen LogP contribution in [0.5, 0.6) is 0 Å². The molecule has 0 aliphatic rings. The molecule has 1 unspecified atom stereocenters. The molecule has 5 heteroatoms. The Morgan fingerprint density at radius 1 is 1.10 bits per heavy atom. The Kier molecular flexibility index (Phi) is 5.57. The molecule has 0 amide bonds. The summed E-state index contributed by atoms with van der Waals surface area (Å²) < 4.78 is 26.9. The van der Waals surface area contributed by atoms with E-state index in [0.29, 0.717) is 21.5 Å². The molecular weight excluding hydrogens is 346 g/mol. The summed E-state index contributed by atoms with van der Waals surface area (Å²) in [7, 11) is 0. The molecule has 0 aliphatic carbocycles. The molecule has 20 heavy (non-hydrogen) atoms. The maximum Gasteiger partial charge on any atom is 0.137 e. The number of hydrogen-bond acceptors (Lipinski definition) is 2. The van der Waals surface area contributed by atoms with Gasteiger partial charge >= 0.3 is 0 Å². The average molecular weight is 359 g/mol. The molecular formula is C15H13BrF2OS. The van der Waals surface area contributed by atoms with Gasteiger partial charge in [0.1, 0.15) is 11.6 Å². The van der Waals surface area contributed by atoms with Crippen LogP contribution in [0.1, 0.15) is 5.56 Å². The molecule has 0 bridgehead atoms. The Morgan fingerprint density at radius 3 is 2.55 bits per heavy atom. The smallest absolute Gasteiger partial charge is 0.137 e. The molecule has 106 valence electrons. The minimum Gasteiger partial charge on any atom is -0.392 e. The topological polar surface area (TPSA) is 20.2 Å². The van der Waals surface area contributed by atoms with Crippen molar-refractivity contribution in [3.8, 4) is 0 Å². The molecule has 0 spiro atoms. The van der Waals surface area contributed by atoms with Crippen LogP contribution < -0.4 is 0 Å². The lowest BCUT2D eigenvalue weighted by Crippen LogP contribution is -2.13. The fraction of sp³-hybridized carbons (Fsp3) is 0.200. The number of halogens is 3. The van der Waals surface area contributed by atoms with E-state index in [2.05, 4.69) is 15.9 Å². The predicted octanol–water partition coefficient (Wildman–Crippen LogP) is 4.42. The zero-order valence-electron chi connectivity index (χ0n) is 10.5. The highest BCUT2D eigenvalue weighted by Crippen LogP contribution is 2.23. The summed E-state index contributed by atoms with van der Waals surface area (Å²) in [6, 6.07) is 11.1. The van der Waals surface area contributed by atoms with Crippen LogP contribution in [-0.4, -0.2) is 17.0 Å². The molecule has 1 N–H and O–H groups in total. The lowest BCUT2D eigenvalue weighted by atomic mass is 10.1. The van der Waals surface area contributed by atoms with E-state index in [9.17, 15) is 13.9 Å². The maximum absolute atomic E-state index is 13.4. The van der Waals surface area contributed by atoms with Crippen LogP contribution >= 0.6 is 27.7 Å². The Bertz CT molecular complexity index is 592. The summed E-state index contributed by atoms with van der Waals surface area (Å²) in [5.41, 5.74) is 0.833. The zero-order valence-corrected chi connectivity index (χ0v) is 12.9. The molecule has 1 nitrogen and oxygen atoms in total. The zero-order chi connectivity index (χ0) is 14.5. The first-order valence-corrected chi connectivity index (χ1v) is 7.83. The van der Waals surface area contributed by atoms with Crippen molar-refractivity contribution in [1.29, 1.82) is 0 Å². The third kappa shape index (κ3) is 4.30. The van der Waals surface area contributed by atoms with Gasteiger partial charge in [-0.3, -0.25) is 0 Å². The minimum absolute atomic E-state index is 0.283. The highest BCUT2D eigenvalue weighted by atomic mass is 79.9. The molecule has 0 fully saturated rings. The molecule has 2 aromatic carbocycles. The number of benzene rings is 2. The molecule has 1 atom stereocenters. The van der Waals surface area contributed by atoms with Crippen LogP contribution in [-0.2, 0) is 6.42 Å². The Balaban J connectivity index is 1.91. The van der Waals surface area contributed by atoms with E-state index < -0.39 is 6.10 Å². The lowest BCUT2D eigenvalue weighted by molar-refractivity contribution is 0.200. The molecule has 0 saturated heterocycles. The van der Waals surface area contributed by atoms with Crippen molar-refractivity contribution in [2.24, 2.45) is 0 Å². The van der Waals surface area contributed by atoms with Gasteiger partial charge < -0.3 is 5.11 Å². The third-order valence-electron chi connectivity index (χ3n) is 2.72. The number of rotatable bonds is 5. The van der Waals surface area contributed by atoms with Gasteiger partial charge in [-0.05, 0) is 52.2 Å². The summed E-state index contributed by atoms with van der Waals surface area (Å²) in [5, 5.41) is 9.96. The Morgan fingerprint density at radius 2 is 1.85 bits per heavy atom. The van der Waals surface area contributed by atoms with Crippen molar-refractivity contribution in [3.63, 3.8) is 0 Å². The molecule has 0 aliphatic heterocycles. The van der Waals surface area contributed by atoms with E-state index in [1.54, 1.807) is 30.3 Å². The maximum atomic E-state index is 13.4. The fourth-order valence-corrected chi connectivity index (χ4v) is 3.04. The van der Waals surface area contributed by atoms with E-state index >= 15 is 0 Å². The van der Waals surface area contributed by atoms with E-state index in [1.165, 1.54) is 23.9 Å². The molecule has 2 aromatic rings. The van der Waals surface area contributed by atoms with Crippen LogP contribution in [0.2, 0.25) is 0 Å². The highest BCUT2D eigenvalue weighted by molar-refractivity contribution is 9.10. The van der Waals surface area contributed by atoms with Gasteiger partial charge in [-0.15, -0.1) is 11.8 Å². The fourth-order valence-electron chi connectivity index (χ4n) is 1.75. The van der Waals surface area contributed by atoms with Crippen LogP contribution in [0.15, 0.2) is 51.8 Å². The van der Waals surface area contributed by atoms with Gasteiger partial charge in [0.2, 0.25) is 0 Å². The summed E-state index contributed by atoms with van der Waals surface area (Å²) in [5.74, 6) is -0.228. The Labute approximate surface area is 129 Å². The van der Waals surface area contributed by atoms with Gasteiger partial charge in [-0.25, -0.2) is 8.78 Å². The van der Waals surface area contributed by atoms with Crippen LogP contribution in [0, 0.1) is 11.6 Å². The van der Waals surface area contributed by atoms with Crippen LogP contribution in [0.25, 0.3) is 0 Å². The number of hydrogen-bond donors (Lipinski definition) is 1. The first-order chi connectivity index (χ1) is 9.56. The van der Waals surface area contributed by atoms with E-state index in [-0.39, 0.29) is 11.6 Å².